The first kappa shape index (κ1) is 23.2. The van der Waals surface area contributed by atoms with Crippen LogP contribution in [0.2, 0.25) is 5.02 Å². The van der Waals surface area contributed by atoms with Gasteiger partial charge in [0.2, 0.25) is 11.8 Å². The molecule has 0 fully saturated rings. The molecule has 0 aliphatic carbocycles. The highest BCUT2D eigenvalue weighted by molar-refractivity contribution is 6.33. The van der Waals surface area contributed by atoms with Gasteiger partial charge in [-0.3, -0.25) is 14.4 Å². The summed E-state index contributed by atoms with van der Waals surface area (Å²) in [4.78, 5) is 37.2. The Bertz CT molecular complexity index is 884. The van der Waals surface area contributed by atoms with Crippen molar-refractivity contribution in [3.8, 4) is 5.75 Å². The van der Waals surface area contributed by atoms with Crippen molar-refractivity contribution in [1.82, 2.24) is 10.6 Å². The number of ether oxygens (including phenoxy) is 1. The number of nitrogens with one attached hydrogen (secondary N) is 3. The van der Waals surface area contributed by atoms with Crippen LogP contribution in [0.5, 0.6) is 5.75 Å². The lowest BCUT2D eigenvalue weighted by Gasteiger charge is -2.22. The van der Waals surface area contributed by atoms with Gasteiger partial charge in [0, 0.05) is 5.69 Å². The summed E-state index contributed by atoms with van der Waals surface area (Å²) in [7, 11) is 0. The molecule has 0 bridgehead atoms. The molecule has 2 aromatic carbocycles. The van der Waals surface area contributed by atoms with E-state index in [1.165, 1.54) is 0 Å². The minimum Gasteiger partial charge on any atom is -0.494 e. The van der Waals surface area contributed by atoms with Gasteiger partial charge >= 0.3 is 0 Å². The smallest absolute Gasteiger partial charge is 0.253 e. The summed E-state index contributed by atoms with van der Waals surface area (Å²) in [5, 5.41) is 8.24. The molecule has 1 unspecified atom stereocenters. The normalized spacial score (nSPS) is 11.5. The fourth-order valence-electron chi connectivity index (χ4n) is 2.68. The zero-order valence-corrected chi connectivity index (χ0v) is 18.0. The highest BCUT2D eigenvalue weighted by atomic mass is 35.5. The molecule has 3 N–H and O–H groups in total. The van der Waals surface area contributed by atoms with Crippen LogP contribution in [0.25, 0.3) is 0 Å². The van der Waals surface area contributed by atoms with Gasteiger partial charge in [0.1, 0.15) is 11.8 Å². The lowest BCUT2D eigenvalue weighted by atomic mass is 10.0. The number of carbonyl (C=O) groups is 3. The first-order chi connectivity index (χ1) is 14.3. The molecular weight excluding hydrogens is 406 g/mol. The Balaban J connectivity index is 1.90. The van der Waals surface area contributed by atoms with Gasteiger partial charge in [-0.05, 0) is 49.2 Å². The summed E-state index contributed by atoms with van der Waals surface area (Å²) in [6.45, 7) is 5.83. The monoisotopic (exact) mass is 431 g/mol. The van der Waals surface area contributed by atoms with Gasteiger partial charge in [0.25, 0.3) is 5.91 Å². The molecule has 1 atom stereocenters. The standard InChI is InChI=1S/C22H26ClN3O4/c1-4-30-16-11-9-15(10-12-16)25-19(27)13-24-22(29)20(14(2)3)26-21(28)17-7-5-6-8-18(17)23/h5-12,14,20H,4,13H2,1-3H3,(H,24,29)(H,25,27)(H,26,28). The van der Waals surface area contributed by atoms with E-state index in [0.29, 0.717) is 23.1 Å². The highest BCUT2D eigenvalue weighted by Gasteiger charge is 2.25. The van der Waals surface area contributed by atoms with Crippen molar-refractivity contribution in [2.75, 3.05) is 18.5 Å². The minimum absolute atomic E-state index is 0.189. The highest BCUT2D eigenvalue weighted by Crippen LogP contribution is 2.16. The molecule has 3 amide bonds. The summed E-state index contributed by atoms with van der Waals surface area (Å²) in [6, 6.07) is 12.7. The van der Waals surface area contributed by atoms with Gasteiger partial charge in [-0.2, -0.15) is 0 Å². The van der Waals surface area contributed by atoms with Crippen molar-refractivity contribution in [2.45, 2.75) is 26.8 Å². The maximum Gasteiger partial charge on any atom is 0.253 e. The number of hydrogen-bond acceptors (Lipinski definition) is 4. The molecule has 0 heterocycles. The Hall–Kier alpha value is -3.06. The summed E-state index contributed by atoms with van der Waals surface area (Å²) >= 11 is 6.05. The second kappa shape index (κ2) is 11.2. The summed E-state index contributed by atoms with van der Waals surface area (Å²) in [5.41, 5.74) is 0.871. The van der Waals surface area contributed by atoms with E-state index in [9.17, 15) is 14.4 Å². The topological polar surface area (TPSA) is 96.5 Å². The molecule has 0 aromatic heterocycles. The van der Waals surface area contributed by atoms with Crippen LogP contribution in [-0.2, 0) is 9.59 Å². The van der Waals surface area contributed by atoms with E-state index in [1.54, 1.807) is 62.4 Å². The van der Waals surface area contributed by atoms with Crippen LogP contribution in [-0.4, -0.2) is 36.9 Å². The first-order valence-electron chi connectivity index (χ1n) is 9.67. The third-order valence-electron chi connectivity index (χ3n) is 4.23. The lowest BCUT2D eigenvalue weighted by Crippen LogP contribution is -2.51. The van der Waals surface area contributed by atoms with Gasteiger partial charge in [-0.25, -0.2) is 0 Å². The van der Waals surface area contributed by atoms with E-state index in [4.69, 9.17) is 16.3 Å². The van der Waals surface area contributed by atoms with E-state index in [0.717, 1.165) is 0 Å². The van der Waals surface area contributed by atoms with Crippen LogP contribution in [0.1, 0.15) is 31.1 Å². The maximum atomic E-state index is 12.6. The molecule has 2 aromatic rings. The van der Waals surface area contributed by atoms with Crippen LogP contribution in [0, 0.1) is 5.92 Å². The molecule has 8 heteroatoms. The molecule has 0 radical (unpaired) electrons. The summed E-state index contributed by atoms with van der Waals surface area (Å²) in [6.07, 6.45) is 0. The van der Waals surface area contributed by atoms with Gasteiger partial charge < -0.3 is 20.7 Å². The molecule has 30 heavy (non-hydrogen) atoms. The van der Waals surface area contributed by atoms with Crippen LogP contribution < -0.4 is 20.7 Å². The van der Waals surface area contributed by atoms with Crippen molar-refractivity contribution in [3.05, 3.63) is 59.1 Å². The number of benzene rings is 2. The van der Waals surface area contributed by atoms with Crippen LogP contribution in [0.3, 0.4) is 0 Å². The third-order valence-corrected chi connectivity index (χ3v) is 4.56. The maximum absolute atomic E-state index is 12.6. The Morgan fingerprint density at radius 1 is 1.03 bits per heavy atom. The van der Waals surface area contributed by atoms with Crippen molar-refractivity contribution in [3.63, 3.8) is 0 Å². The third kappa shape index (κ3) is 6.77. The molecule has 7 nitrogen and oxygen atoms in total. The van der Waals surface area contributed by atoms with E-state index < -0.39 is 17.9 Å². The Morgan fingerprint density at radius 2 is 1.70 bits per heavy atom. The summed E-state index contributed by atoms with van der Waals surface area (Å²) < 4.78 is 5.35. The molecule has 0 spiro atoms. The fraction of sp³-hybridized carbons (Fsp3) is 0.318. The molecule has 0 saturated heterocycles. The number of hydrogen-bond donors (Lipinski definition) is 3. The zero-order chi connectivity index (χ0) is 22.1. The predicted molar refractivity (Wildman–Crippen MR) is 117 cm³/mol. The second-order valence-corrected chi connectivity index (χ2v) is 7.31. The van der Waals surface area contributed by atoms with Gasteiger partial charge in [-0.15, -0.1) is 0 Å². The number of carbonyl (C=O) groups excluding carboxylic acids is 3. The number of halogens is 1. The number of amides is 3. The van der Waals surface area contributed by atoms with Crippen LogP contribution >= 0.6 is 11.6 Å². The van der Waals surface area contributed by atoms with E-state index in [1.807, 2.05) is 6.92 Å². The van der Waals surface area contributed by atoms with Crippen molar-refractivity contribution >= 4 is 35.0 Å². The quantitative estimate of drug-likeness (QED) is 0.567. The first-order valence-corrected chi connectivity index (χ1v) is 10.1. The largest absolute Gasteiger partial charge is 0.494 e. The average molecular weight is 432 g/mol. The average Bonchev–Trinajstić information content (AvgIpc) is 2.72. The second-order valence-electron chi connectivity index (χ2n) is 6.90. The Labute approximate surface area is 181 Å². The Morgan fingerprint density at radius 3 is 2.30 bits per heavy atom. The molecule has 0 aliphatic rings. The number of rotatable bonds is 9. The van der Waals surface area contributed by atoms with Crippen molar-refractivity contribution in [2.24, 2.45) is 5.92 Å². The fourth-order valence-corrected chi connectivity index (χ4v) is 2.90. The van der Waals surface area contributed by atoms with E-state index in [-0.39, 0.29) is 23.9 Å². The van der Waals surface area contributed by atoms with Gasteiger partial charge in [0.15, 0.2) is 0 Å². The van der Waals surface area contributed by atoms with E-state index >= 15 is 0 Å². The predicted octanol–water partition coefficient (Wildman–Crippen LogP) is 3.25. The van der Waals surface area contributed by atoms with Crippen LogP contribution in [0.4, 0.5) is 5.69 Å². The molecule has 2 rings (SSSR count). The van der Waals surface area contributed by atoms with Crippen molar-refractivity contribution < 1.29 is 19.1 Å². The molecule has 0 saturated carbocycles. The minimum atomic E-state index is -0.813. The van der Waals surface area contributed by atoms with Crippen molar-refractivity contribution in [1.29, 1.82) is 0 Å². The Kier molecular flexibility index (Phi) is 8.68. The van der Waals surface area contributed by atoms with E-state index in [2.05, 4.69) is 16.0 Å². The van der Waals surface area contributed by atoms with Crippen LogP contribution in [0.15, 0.2) is 48.5 Å². The molecule has 160 valence electrons. The SMILES string of the molecule is CCOc1ccc(NC(=O)CNC(=O)C(NC(=O)c2ccccc2Cl)C(C)C)cc1. The zero-order valence-electron chi connectivity index (χ0n) is 17.2. The molecular formula is C22H26ClN3O4. The summed E-state index contributed by atoms with van der Waals surface area (Å²) in [5.74, 6) is -0.767. The lowest BCUT2D eigenvalue weighted by molar-refractivity contribution is -0.126. The van der Waals surface area contributed by atoms with Gasteiger partial charge in [-0.1, -0.05) is 37.6 Å². The number of anilines is 1. The molecule has 0 aliphatic heterocycles. The van der Waals surface area contributed by atoms with Gasteiger partial charge in [0.05, 0.1) is 23.7 Å².